The van der Waals surface area contributed by atoms with E-state index in [2.05, 4.69) is 15.3 Å². The molecule has 126 valence electrons. The number of amides is 1. The van der Waals surface area contributed by atoms with Gasteiger partial charge in [0, 0.05) is 35.9 Å². The van der Waals surface area contributed by atoms with Crippen LogP contribution in [0, 0.1) is 10.1 Å². The van der Waals surface area contributed by atoms with Gasteiger partial charge in [-0.15, -0.1) is 0 Å². The van der Waals surface area contributed by atoms with Crippen molar-refractivity contribution in [2.45, 2.75) is 13.3 Å². The molecule has 1 amide bonds. The predicted molar refractivity (Wildman–Crippen MR) is 91.8 cm³/mol. The lowest BCUT2D eigenvalue weighted by molar-refractivity contribution is -0.385. The first kappa shape index (κ1) is 16.3. The second-order valence-electron chi connectivity index (χ2n) is 5.28. The lowest BCUT2D eigenvalue weighted by atomic mass is 10.1. The summed E-state index contributed by atoms with van der Waals surface area (Å²) in [7, 11) is 0. The molecule has 0 bridgehead atoms. The molecule has 0 aliphatic heterocycles. The first-order valence-electron chi connectivity index (χ1n) is 7.61. The lowest BCUT2D eigenvalue weighted by Gasteiger charge is -2.07. The fourth-order valence-electron chi connectivity index (χ4n) is 2.38. The molecule has 3 rings (SSSR count). The number of benzene rings is 1. The van der Waals surface area contributed by atoms with Crippen molar-refractivity contribution < 1.29 is 9.72 Å². The number of rotatable bonds is 5. The molecule has 0 saturated heterocycles. The van der Waals surface area contributed by atoms with E-state index in [1.54, 1.807) is 47.6 Å². The van der Waals surface area contributed by atoms with Crippen LogP contribution in [0.15, 0.2) is 55.2 Å². The molecule has 0 aliphatic rings. The standard InChI is InChI=1S/C17H15N5O3/c1-2-12-3-5-14(9-15(12)22(24)25)20-17(23)13-4-6-16(19-10-13)21-8-7-18-11-21/h3-11H,2H2,1H3,(H,20,23). The van der Waals surface area contributed by atoms with Crippen molar-refractivity contribution >= 4 is 17.3 Å². The van der Waals surface area contributed by atoms with Crippen LogP contribution in [0.3, 0.4) is 0 Å². The average molecular weight is 337 g/mol. The zero-order valence-electron chi connectivity index (χ0n) is 13.4. The Bertz CT molecular complexity index is 905. The molecule has 0 fully saturated rings. The summed E-state index contributed by atoms with van der Waals surface area (Å²) in [5, 5.41) is 13.8. The number of imidazole rings is 1. The number of nitro groups is 1. The van der Waals surface area contributed by atoms with Gasteiger partial charge in [0.05, 0.1) is 10.5 Å². The summed E-state index contributed by atoms with van der Waals surface area (Å²) in [6.45, 7) is 1.84. The van der Waals surface area contributed by atoms with E-state index in [1.165, 1.54) is 12.3 Å². The number of carbonyl (C=O) groups is 1. The van der Waals surface area contributed by atoms with E-state index >= 15 is 0 Å². The molecule has 0 atom stereocenters. The minimum atomic E-state index is -0.448. The van der Waals surface area contributed by atoms with Crippen LogP contribution in [0.25, 0.3) is 5.82 Å². The van der Waals surface area contributed by atoms with Gasteiger partial charge >= 0.3 is 0 Å². The Morgan fingerprint density at radius 1 is 1.32 bits per heavy atom. The quantitative estimate of drug-likeness (QED) is 0.569. The molecule has 1 aromatic carbocycles. The number of nitrogens with zero attached hydrogens (tertiary/aromatic N) is 4. The first-order chi connectivity index (χ1) is 12.1. The van der Waals surface area contributed by atoms with Gasteiger partial charge in [0.25, 0.3) is 11.6 Å². The van der Waals surface area contributed by atoms with Crippen LogP contribution in [0.4, 0.5) is 11.4 Å². The van der Waals surface area contributed by atoms with Crippen LogP contribution in [-0.2, 0) is 6.42 Å². The predicted octanol–water partition coefficient (Wildman–Crippen LogP) is 2.99. The van der Waals surface area contributed by atoms with Crippen LogP contribution in [-0.4, -0.2) is 25.4 Å². The van der Waals surface area contributed by atoms with E-state index in [9.17, 15) is 14.9 Å². The van der Waals surface area contributed by atoms with Gasteiger partial charge in [0.1, 0.15) is 12.1 Å². The summed E-state index contributed by atoms with van der Waals surface area (Å²) in [6, 6.07) is 7.99. The summed E-state index contributed by atoms with van der Waals surface area (Å²) in [6.07, 6.45) is 6.98. The van der Waals surface area contributed by atoms with E-state index < -0.39 is 4.92 Å². The normalized spacial score (nSPS) is 10.4. The maximum atomic E-state index is 12.3. The molecule has 0 spiro atoms. The number of aromatic nitrogens is 3. The van der Waals surface area contributed by atoms with E-state index in [-0.39, 0.29) is 11.6 Å². The maximum absolute atomic E-state index is 12.3. The van der Waals surface area contributed by atoms with Gasteiger partial charge < -0.3 is 5.32 Å². The molecule has 0 unspecified atom stereocenters. The number of hydrogen-bond acceptors (Lipinski definition) is 5. The Morgan fingerprint density at radius 2 is 2.16 bits per heavy atom. The maximum Gasteiger partial charge on any atom is 0.274 e. The van der Waals surface area contributed by atoms with Crippen molar-refractivity contribution in [3.63, 3.8) is 0 Å². The number of carbonyl (C=O) groups excluding carboxylic acids is 1. The third-order valence-corrected chi connectivity index (χ3v) is 3.70. The molecule has 0 aliphatic carbocycles. The van der Waals surface area contributed by atoms with E-state index in [0.717, 1.165) is 0 Å². The summed E-state index contributed by atoms with van der Waals surface area (Å²) in [4.78, 5) is 31.1. The SMILES string of the molecule is CCc1ccc(NC(=O)c2ccc(-n3ccnc3)nc2)cc1[N+](=O)[O-]. The smallest absolute Gasteiger partial charge is 0.274 e. The summed E-state index contributed by atoms with van der Waals surface area (Å²) in [5.41, 5.74) is 1.34. The van der Waals surface area contributed by atoms with Crippen molar-refractivity contribution in [3.05, 3.63) is 76.5 Å². The highest BCUT2D eigenvalue weighted by atomic mass is 16.6. The molecule has 2 aromatic heterocycles. The third-order valence-electron chi connectivity index (χ3n) is 3.70. The van der Waals surface area contributed by atoms with Crippen LogP contribution >= 0.6 is 0 Å². The van der Waals surface area contributed by atoms with Crippen LogP contribution in [0.2, 0.25) is 0 Å². The molecular formula is C17H15N5O3. The molecular weight excluding hydrogens is 322 g/mol. The molecule has 3 aromatic rings. The molecule has 8 nitrogen and oxygen atoms in total. The Kier molecular flexibility index (Phi) is 4.51. The van der Waals surface area contributed by atoms with Crippen molar-refractivity contribution in [1.29, 1.82) is 0 Å². The molecule has 0 saturated carbocycles. The molecule has 2 heterocycles. The first-order valence-corrected chi connectivity index (χ1v) is 7.61. The number of pyridine rings is 1. The number of anilines is 1. The molecule has 25 heavy (non-hydrogen) atoms. The summed E-state index contributed by atoms with van der Waals surface area (Å²) in [5.74, 6) is 0.250. The number of hydrogen-bond donors (Lipinski definition) is 1. The summed E-state index contributed by atoms with van der Waals surface area (Å²) >= 11 is 0. The van der Waals surface area contributed by atoms with Gasteiger partial charge in [-0.3, -0.25) is 19.5 Å². The highest BCUT2D eigenvalue weighted by molar-refractivity contribution is 6.04. The fraction of sp³-hybridized carbons (Fsp3) is 0.118. The second kappa shape index (κ2) is 6.91. The number of nitrogens with one attached hydrogen (secondary N) is 1. The summed E-state index contributed by atoms with van der Waals surface area (Å²) < 4.78 is 1.72. The van der Waals surface area contributed by atoms with Crippen LogP contribution in [0.5, 0.6) is 0 Å². The fourth-order valence-corrected chi connectivity index (χ4v) is 2.38. The Labute approximate surface area is 143 Å². The van der Waals surface area contributed by atoms with Gasteiger partial charge in [-0.05, 0) is 24.6 Å². The van der Waals surface area contributed by atoms with Crippen molar-refractivity contribution in [2.24, 2.45) is 0 Å². The van der Waals surface area contributed by atoms with Crippen molar-refractivity contribution in [3.8, 4) is 5.82 Å². The number of nitro benzene ring substituents is 1. The minimum absolute atomic E-state index is 0.00567. The molecule has 0 radical (unpaired) electrons. The van der Waals surface area contributed by atoms with Crippen LogP contribution < -0.4 is 5.32 Å². The van der Waals surface area contributed by atoms with E-state index in [0.29, 0.717) is 29.1 Å². The number of aryl methyl sites for hydroxylation is 1. The highest BCUT2D eigenvalue weighted by Crippen LogP contribution is 2.24. The van der Waals surface area contributed by atoms with E-state index in [1.807, 2.05) is 6.92 Å². The monoisotopic (exact) mass is 337 g/mol. The minimum Gasteiger partial charge on any atom is -0.322 e. The van der Waals surface area contributed by atoms with Gasteiger partial charge in [0.15, 0.2) is 0 Å². The van der Waals surface area contributed by atoms with Crippen LogP contribution in [0.1, 0.15) is 22.8 Å². The van der Waals surface area contributed by atoms with Crippen molar-refractivity contribution in [2.75, 3.05) is 5.32 Å². The Morgan fingerprint density at radius 3 is 2.76 bits per heavy atom. The average Bonchev–Trinajstić information content (AvgIpc) is 3.16. The van der Waals surface area contributed by atoms with Gasteiger partial charge in [-0.25, -0.2) is 9.97 Å². The van der Waals surface area contributed by atoms with Gasteiger partial charge in [-0.1, -0.05) is 13.0 Å². The largest absolute Gasteiger partial charge is 0.322 e. The Balaban J connectivity index is 1.78. The molecule has 1 N–H and O–H groups in total. The lowest BCUT2D eigenvalue weighted by Crippen LogP contribution is -2.13. The second-order valence-corrected chi connectivity index (χ2v) is 5.28. The third kappa shape index (κ3) is 3.52. The van der Waals surface area contributed by atoms with Crippen molar-refractivity contribution in [1.82, 2.24) is 14.5 Å². The molecule has 8 heteroatoms. The van der Waals surface area contributed by atoms with Gasteiger partial charge in [0.2, 0.25) is 0 Å². The Hall–Kier alpha value is -3.55. The highest BCUT2D eigenvalue weighted by Gasteiger charge is 2.15. The topological polar surface area (TPSA) is 103 Å². The van der Waals surface area contributed by atoms with Gasteiger partial charge in [-0.2, -0.15) is 0 Å². The zero-order chi connectivity index (χ0) is 17.8. The zero-order valence-corrected chi connectivity index (χ0v) is 13.4. The van der Waals surface area contributed by atoms with E-state index in [4.69, 9.17) is 0 Å².